The summed E-state index contributed by atoms with van der Waals surface area (Å²) in [7, 11) is 0. The first kappa shape index (κ1) is 51.3. The number of hydrogen-bond acceptors (Lipinski definition) is 6. The maximum absolute atomic E-state index is 12.7. The van der Waals surface area contributed by atoms with E-state index < -0.39 is 24.5 Å². The van der Waals surface area contributed by atoms with Crippen LogP contribution in [0.15, 0.2) is 24.3 Å². The van der Waals surface area contributed by atoms with Gasteiger partial charge in [-0.05, 0) is 70.6 Å². The summed E-state index contributed by atoms with van der Waals surface area (Å²) in [5, 5.41) is 22.5. The number of hydrogen-bond donors (Lipinski definition) is 4. The molecule has 0 aliphatic rings. The summed E-state index contributed by atoms with van der Waals surface area (Å²) in [6, 6.07) is -1.39. The van der Waals surface area contributed by atoms with E-state index in [2.05, 4.69) is 48.8 Å². The average Bonchev–Trinajstić information content (AvgIpc) is 3.15. The Balaban J connectivity index is 4.04. The topological polar surface area (TPSA) is 142 Å². The lowest BCUT2D eigenvalue weighted by molar-refractivity contribution is -0.150. The molecule has 0 aromatic heterocycles. The van der Waals surface area contributed by atoms with Crippen LogP contribution in [0.1, 0.15) is 213 Å². The summed E-state index contributed by atoms with van der Waals surface area (Å²) in [6.07, 6.45) is 43.6. The van der Waals surface area contributed by atoms with Gasteiger partial charge in [-0.1, -0.05) is 154 Å². The number of esters is 1. The molecule has 9 heteroatoms. The van der Waals surface area contributed by atoms with Crippen molar-refractivity contribution in [2.24, 2.45) is 0 Å². The van der Waals surface area contributed by atoms with Gasteiger partial charge in [-0.25, -0.2) is 4.79 Å². The molecule has 0 aromatic rings. The first-order valence-corrected chi connectivity index (χ1v) is 22.2. The van der Waals surface area contributed by atoms with Crippen molar-refractivity contribution in [1.82, 2.24) is 10.6 Å². The van der Waals surface area contributed by atoms with Gasteiger partial charge in [0.2, 0.25) is 11.8 Å². The number of allylic oxidation sites excluding steroid dienone is 4. The smallest absolute Gasteiger partial charge is 0.328 e. The van der Waals surface area contributed by atoms with Gasteiger partial charge in [-0.15, -0.1) is 0 Å². The Hall–Kier alpha value is -2.68. The fourth-order valence-electron chi connectivity index (χ4n) is 6.51. The van der Waals surface area contributed by atoms with Gasteiger partial charge in [0.25, 0.3) is 0 Å². The van der Waals surface area contributed by atoms with Crippen molar-refractivity contribution in [1.29, 1.82) is 0 Å². The number of rotatable bonds is 40. The van der Waals surface area contributed by atoms with Crippen molar-refractivity contribution in [3.63, 3.8) is 0 Å². The van der Waals surface area contributed by atoms with Crippen LogP contribution in [-0.4, -0.2) is 59.3 Å². The summed E-state index contributed by atoms with van der Waals surface area (Å²) in [4.78, 5) is 47.5. The van der Waals surface area contributed by atoms with Crippen LogP contribution in [0.3, 0.4) is 0 Å². The molecule has 0 heterocycles. The van der Waals surface area contributed by atoms with Gasteiger partial charge in [-0.3, -0.25) is 14.4 Å². The molecule has 4 N–H and O–H groups in total. The highest BCUT2D eigenvalue weighted by atomic mass is 16.5. The molecule has 2 amide bonds. The fourth-order valence-corrected chi connectivity index (χ4v) is 6.51. The molecule has 0 saturated carbocycles. The van der Waals surface area contributed by atoms with E-state index in [1.807, 2.05) is 0 Å². The predicted octanol–water partition coefficient (Wildman–Crippen LogP) is 10.8. The second kappa shape index (κ2) is 40.0. The third-order valence-electron chi connectivity index (χ3n) is 9.95. The molecule has 2 unspecified atom stereocenters. The van der Waals surface area contributed by atoms with Gasteiger partial charge in [-0.2, -0.15) is 0 Å². The van der Waals surface area contributed by atoms with E-state index in [1.165, 1.54) is 122 Å². The molecule has 0 bridgehead atoms. The van der Waals surface area contributed by atoms with Crippen LogP contribution in [0, 0.1) is 0 Å². The highest BCUT2D eigenvalue weighted by Gasteiger charge is 2.19. The lowest BCUT2D eigenvalue weighted by Crippen LogP contribution is -2.47. The van der Waals surface area contributed by atoms with Crippen LogP contribution in [0.2, 0.25) is 0 Å². The van der Waals surface area contributed by atoms with E-state index in [1.54, 1.807) is 0 Å². The molecule has 0 saturated heterocycles. The lowest BCUT2D eigenvalue weighted by Gasteiger charge is -2.18. The van der Waals surface area contributed by atoms with Crippen molar-refractivity contribution < 1.29 is 34.1 Å². The fraction of sp³-hybridized carbons (Fsp3) is 0.822. The quantitative estimate of drug-likeness (QED) is 0.0276. The van der Waals surface area contributed by atoms with E-state index in [0.29, 0.717) is 12.8 Å². The SMILES string of the molecule is CCCCCCC/C=C\C/C=C\CCCCCCCCCCCC(=O)OC(CCCCCCCC)CCCCCCC(=O)NCC(=O)NC(CO)C(=O)O. The molecule has 0 aromatic carbocycles. The van der Waals surface area contributed by atoms with Gasteiger partial charge >= 0.3 is 11.9 Å². The summed E-state index contributed by atoms with van der Waals surface area (Å²) in [5.74, 6) is -2.33. The van der Waals surface area contributed by atoms with Crippen molar-refractivity contribution in [3.8, 4) is 0 Å². The first-order valence-electron chi connectivity index (χ1n) is 22.2. The third kappa shape index (κ3) is 36.3. The Morgan fingerprint density at radius 1 is 0.556 bits per heavy atom. The number of aliphatic carboxylic acids is 1. The van der Waals surface area contributed by atoms with Crippen LogP contribution in [-0.2, 0) is 23.9 Å². The Labute approximate surface area is 330 Å². The van der Waals surface area contributed by atoms with E-state index >= 15 is 0 Å². The van der Waals surface area contributed by atoms with Gasteiger partial charge in [0.05, 0.1) is 13.2 Å². The Kier molecular flexibility index (Phi) is 38.0. The van der Waals surface area contributed by atoms with Crippen molar-refractivity contribution in [2.75, 3.05) is 13.2 Å². The van der Waals surface area contributed by atoms with Crippen molar-refractivity contribution >= 4 is 23.8 Å². The maximum atomic E-state index is 12.7. The number of unbranched alkanes of at least 4 members (excludes halogenated alkanes) is 22. The molecule has 0 spiro atoms. The molecule has 9 nitrogen and oxygen atoms in total. The van der Waals surface area contributed by atoms with Gasteiger partial charge in [0, 0.05) is 12.8 Å². The molecule has 0 aliphatic carbocycles. The molecule has 314 valence electrons. The summed E-state index contributed by atoms with van der Waals surface area (Å²) >= 11 is 0. The summed E-state index contributed by atoms with van der Waals surface area (Å²) in [5.41, 5.74) is 0. The maximum Gasteiger partial charge on any atom is 0.328 e. The van der Waals surface area contributed by atoms with Crippen LogP contribution in [0.25, 0.3) is 0 Å². The number of carboxylic acid groups (broad SMARTS) is 1. The summed E-state index contributed by atoms with van der Waals surface area (Å²) in [6.45, 7) is 3.44. The number of ether oxygens (including phenoxy) is 1. The molecule has 54 heavy (non-hydrogen) atoms. The predicted molar refractivity (Wildman–Crippen MR) is 222 cm³/mol. The molecular weight excluding hydrogens is 681 g/mol. The van der Waals surface area contributed by atoms with E-state index in [0.717, 1.165) is 57.8 Å². The van der Waals surface area contributed by atoms with Crippen LogP contribution >= 0.6 is 0 Å². The first-order chi connectivity index (χ1) is 26.3. The normalized spacial score (nSPS) is 12.6. The van der Waals surface area contributed by atoms with Crippen LogP contribution < -0.4 is 10.6 Å². The van der Waals surface area contributed by atoms with Gasteiger partial charge in [0.15, 0.2) is 0 Å². The monoisotopic (exact) mass is 763 g/mol. The van der Waals surface area contributed by atoms with E-state index in [9.17, 15) is 19.2 Å². The zero-order chi connectivity index (χ0) is 39.7. The second-order valence-electron chi connectivity index (χ2n) is 15.1. The average molecular weight is 763 g/mol. The van der Waals surface area contributed by atoms with E-state index in [-0.39, 0.29) is 30.9 Å². The number of aliphatic hydroxyl groups is 1. The number of aliphatic hydroxyl groups excluding tert-OH is 1. The number of carbonyl (C=O) groups is 4. The highest BCUT2D eigenvalue weighted by Crippen LogP contribution is 2.18. The zero-order valence-electron chi connectivity index (χ0n) is 34.7. The minimum atomic E-state index is -1.39. The lowest BCUT2D eigenvalue weighted by atomic mass is 10.0. The Morgan fingerprint density at radius 2 is 1.00 bits per heavy atom. The number of amides is 2. The van der Waals surface area contributed by atoms with Gasteiger partial charge in [0.1, 0.15) is 12.1 Å². The van der Waals surface area contributed by atoms with Gasteiger partial charge < -0.3 is 25.6 Å². The minimum Gasteiger partial charge on any atom is -0.480 e. The van der Waals surface area contributed by atoms with Crippen LogP contribution in [0.5, 0.6) is 0 Å². The molecule has 0 rings (SSSR count). The number of carboxylic acids is 1. The molecule has 0 aliphatic heterocycles. The zero-order valence-corrected chi connectivity index (χ0v) is 34.7. The number of carbonyl (C=O) groups excluding carboxylic acids is 3. The second-order valence-corrected chi connectivity index (χ2v) is 15.1. The molecule has 2 atom stereocenters. The standard InChI is InChI=1S/C45H82N2O7/c1-3-5-7-9-11-12-13-14-15-16-17-18-19-20-21-22-23-24-25-27-33-37-44(51)54-40(34-30-26-10-8-6-4-2)35-31-28-29-32-36-42(49)46-38-43(50)47-41(39-48)45(52)53/h13-14,16-17,40-41,48H,3-12,15,18-39H2,1-2H3,(H,46,49)(H,47,50)(H,52,53)/b14-13-,17-16-. The molecule has 0 fully saturated rings. The Morgan fingerprint density at radius 3 is 1.48 bits per heavy atom. The Bertz CT molecular complexity index is 968. The largest absolute Gasteiger partial charge is 0.480 e. The van der Waals surface area contributed by atoms with Crippen molar-refractivity contribution in [2.45, 2.75) is 225 Å². The molecule has 0 radical (unpaired) electrons. The summed E-state index contributed by atoms with van der Waals surface area (Å²) < 4.78 is 5.97. The van der Waals surface area contributed by atoms with Crippen LogP contribution in [0.4, 0.5) is 0 Å². The van der Waals surface area contributed by atoms with E-state index in [4.69, 9.17) is 14.9 Å². The minimum absolute atomic E-state index is 0.0405. The van der Waals surface area contributed by atoms with Crippen molar-refractivity contribution in [3.05, 3.63) is 24.3 Å². The molecular formula is C45H82N2O7. The highest BCUT2D eigenvalue weighted by molar-refractivity contribution is 5.87. The number of nitrogens with one attached hydrogen (secondary N) is 2. The third-order valence-corrected chi connectivity index (χ3v) is 9.95.